The average molecular weight is 276 g/mol. The van der Waals surface area contributed by atoms with Crippen LogP contribution in [0.1, 0.15) is 51.6 Å². The van der Waals surface area contributed by atoms with Gasteiger partial charge in [0.2, 0.25) is 0 Å². The van der Waals surface area contributed by atoms with Crippen molar-refractivity contribution in [2.45, 2.75) is 57.2 Å². The van der Waals surface area contributed by atoms with Crippen LogP contribution >= 0.6 is 0 Å². The summed E-state index contributed by atoms with van der Waals surface area (Å²) in [6.07, 6.45) is 2.53. The minimum Gasteiger partial charge on any atom is -0.444 e. The highest BCUT2D eigenvalue weighted by Gasteiger charge is 2.42. The SMILES string of the molecule is CC(C)(C)OC(=O)NC(c1ccccc1)C1(N)CCC1. The number of nitrogens with one attached hydrogen (secondary N) is 1. The standard InChI is InChI=1S/C16H24N2O2/c1-15(2,3)20-14(19)18-13(16(17)10-7-11-16)12-8-5-4-6-9-12/h4-6,8-9,13H,7,10-11,17H2,1-3H3,(H,18,19). The normalized spacial score (nSPS) is 18.8. The zero-order valence-corrected chi connectivity index (χ0v) is 12.5. The molecule has 3 N–H and O–H groups in total. The molecule has 0 aliphatic heterocycles. The molecule has 1 atom stereocenters. The van der Waals surface area contributed by atoms with Crippen molar-refractivity contribution >= 4 is 6.09 Å². The molecule has 0 saturated heterocycles. The predicted octanol–water partition coefficient (Wildman–Crippen LogP) is 3.13. The van der Waals surface area contributed by atoms with Crippen LogP contribution in [0.15, 0.2) is 30.3 Å². The summed E-state index contributed by atoms with van der Waals surface area (Å²) in [5.41, 5.74) is 6.58. The Kier molecular flexibility index (Phi) is 4.04. The number of amides is 1. The second-order valence-corrected chi connectivity index (χ2v) is 6.58. The van der Waals surface area contributed by atoms with Gasteiger partial charge < -0.3 is 15.8 Å². The highest BCUT2D eigenvalue weighted by atomic mass is 16.6. The van der Waals surface area contributed by atoms with Crippen molar-refractivity contribution in [3.63, 3.8) is 0 Å². The molecule has 0 heterocycles. The molecule has 1 unspecified atom stereocenters. The van der Waals surface area contributed by atoms with E-state index in [1.54, 1.807) is 0 Å². The Morgan fingerprint density at radius 1 is 1.30 bits per heavy atom. The molecule has 110 valence electrons. The first kappa shape index (κ1) is 14.9. The van der Waals surface area contributed by atoms with E-state index < -0.39 is 11.7 Å². The zero-order valence-electron chi connectivity index (χ0n) is 12.5. The average Bonchev–Trinajstić information content (AvgIpc) is 2.32. The minimum atomic E-state index is -0.507. The fraction of sp³-hybridized carbons (Fsp3) is 0.562. The maximum absolute atomic E-state index is 12.0. The number of rotatable bonds is 3. The lowest BCUT2D eigenvalue weighted by Gasteiger charge is -2.45. The highest BCUT2D eigenvalue weighted by molar-refractivity contribution is 5.68. The molecule has 1 saturated carbocycles. The third-order valence-corrected chi connectivity index (χ3v) is 3.65. The molecule has 4 heteroatoms. The molecule has 0 radical (unpaired) electrons. The lowest BCUT2D eigenvalue weighted by Crippen LogP contribution is -2.57. The smallest absolute Gasteiger partial charge is 0.408 e. The monoisotopic (exact) mass is 276 g/mol. The van der Waals surface area contributed by atoms with Gasteiger partial charge in [-0.3, -0.25) is 0 Å². The number of hydrogen-bond acceptors (Lipinski definition) is 3. The van der Waals surface area contributed by atoms with Gasteiger partial charge in [-0.15, -0.1) is 0 Å². The number of nitrogens with two attached hydrogens (primary N) is 1. The van der Waals surface area contributed by atoms with Gasteiger partial charge in [0, 0.05) is 5.54 Å². The van der Waals surface area contributed by atoms with Gasteiger partial charge in [-0.2, -0.15) is 0 Å². The Labute approximate surface area is 120 Å². The van der Waals surface area contributed by atoms with E-state index in [0.717, 1.165) is 24.8 Å². The summed E-state index contributed by atoms with van der Waals surface area (Å²) in [6.45, 7) is 5.56. The molecule has 1 aliphatic rings. The maximum atomic E-state index is 12.0. The summed E-state index contributed by atoms with van der Waals surface area (Å²) in [7, 11) is 0. The molecule has 4 nitrogen and oxygen atoms in total. The first-order chi connectivity index (χ1) is 9.30. The van der Waals surface area contributed by atoms with Gasteiger partial charge >= 0.3 is 6.09 Å². The number of alkyl carbamates (subject to hydrolysis) is 1. The number of ether oxygens (including phenoxy) is 1. The van der Waals surface area contributed by atoms with Gasteiger partial charge in [0.15, 0.2) is 0 Å². The van der Waals surface area contributed by atoms with Crippen LogP contribution in [0.3, 0.4) is 0 Å². The van der Waals surface area contributed by atoms with Crippen molar-refractivity contribution in [2.24, 2.45) is 5.73 Å². The third kappa shape index (κ3) is 3.51. The molecule has 20 heavy (non-hydrogen) atoms. The molecule has 1 amide bonds. The van der Waals surface area contributed by atoms with Crippen LogP contribution in [0, 0.1) is 0 Å². The minimum absolute atomic E-state index is 0.202. The van der Waals surface area contributed by atoms with Crippen molar-refractivity contribution in [3.05, 3.63) is 35.9 Å². The Hall–Kier alpha value is -1.55. The first-order valence-corrected chi connectivity index (χ1v) is 7.13. The summed E-state index contributed by atoms with van der Waals surface area (Å²) < 4.78 is 5.35. The van der Waals surface area contributed by atoms with E-state index in [1.807, 2.05) is 51.1 Å². The number of carbonyl (C=O) groups is 1. The quantitative estimate of drug-likeness (QED) is 0.891. The number of benzene rings is 1. The molecular weight excluding hydrogens is 252 g/mol. The van der Waals surface area contributed by atoms with E-state index in [2.05, 4.69) is 5.32 Å². The summed E-state index contributed by atoms with van der Waals surface area (Å²) in [4.78, 5) is 12.0. The van der Waals surface area contributed by atoms with Gasteiger partial charge in [-0.1, -0.05) is 30.3 Å². The molecule has 0 aromatic heterocycles. The van der Waals surface area contributed by atoms with Gasteiger partial charge in [-0.25, -0.2) is 4.79 Å². The summed E-state index contributed by atoms with van der Waals surface area (Å²) in [6, 6.07) is 9.66. The summed E-state index contributed by atoms with van der Waals surface area (Å²) in [5.74, 6) is 0. The van der Waals surface area contributed by atoms with Gasteiger partial charge in [0.1, 0.15) is 5.60 Å². The molecule has 0 bridgehead atoms. The third-order valence-electron chi connectivity index (χ3n) is 3.65. The maximum Gasteiger partial charge on any atom is 0.408 e. The Balaban J connectivity index is 2.14. The summed E-state index contributed by atoms with van der Waals surface area (Å²) >= 11 is 0. The van der Waals surface area contributed by atoms with Crippen molar-refractivity contribution < 1.29 is 9.53 Å². The topological polar surface area (TPSA) is 64.3 Å². The summed E-state index contributed by atoms with van der Waals surface area (Å²) in [5, 5.41) is 2.95. The van der Waals surface area contributed by atoms with E-state index in [9.17, 15) is 4.79 Å². The largest absolute Gasteiger partial charge is 0.444 e. The molecule has 0 spiro atoms. The predicted molar refractivity (Wildman–Crippen MR) is 79.3 cm³/mol. The van der Waals surface area contributed by atoms with Crippen LogP contribution in [0.25, 0.3) is 0 Å². The van der Waals surface area contributed by atoms with Crippen LogP contribution in [0.5, 0.6) is 0 Å². The van der Waals surface area contributed by atoms with Crippen molar-refractivity contribution in [2.75, 3.05) is 0 Å². The van der Waals surface area contributed by atoms with Crippen LogP contribution in [-0.2, 0) is 4.74 Å². The first-order valence-electron chi connectivity index (χ1n) is 7.13. The molecule has 1 aromatic carbocycles. The zero-order chi connectivity index (χ0) is 14.8. The Bertz CT molecular complexity index is 461. The lowest BCUT2D eigenvalue weighted by molar-refractivity contribution is 0.0442. The van der Waals surface area contributed by atoms with Gasteiger partial charge in [-0.05, 0) is 45.6 Å². The van der Waals surface area contributed by atoms with Crippen LogP contribution in [-0.4, -0.2) is 17.2 Å². The second kappa shape index (κ2) is 5.44. The van der Waals surface area contributed by atoms with E-state index >= 15 is 0 Å². The van der Waals surface area contributed by atoms with Crippen molar-refractivity contribution in [1.29, 1.82) is 0 Å². The lowest BCUT2D eigenvalue weighted by atomic mass is 9.70. The second-order valence-electron chi connectivity index (χ2n) is 6.58. The van der Waals surface area contributed by atoms with Crippen LogP contribution in [0.4, 0.5) is 4.79 Å². The van der Waals surface area contributed by atoms with E-state index in [0.29, 0.717) is 0 Å². The van der Waals surface area contributed by atoms with E-state index in [-0.39, 0.29) is 11.6 Å². The fourth-order valence-electron chi connectivity index (χ4n) is 2.50. The molecule has 1 aliphatic carbocycles. The van der Waals surface area contributed by atoms with Crippen LogP contribution < -0.4 is 11.1 Å². The van der Waals surface area contributed by atoms with E-state index in [1.165, 1.54) is 0 Å². The van der Waals surface area contributed by atoms with Crippen LogP contribution in [0.2, 0.25) is 0 Å². The Morgan fingerprint density at radius 3 is 2.35 bits per heavy atom. The van der Waals surface area contributed by atoms with Crippen molar-refractivity contribution in [1.82, 2.24) is 5.32 Å². The molecular formula is C16H24N2O2. The molecule has 1 fully saturated rings. The fourth-order valence-corrected chi connectivity index (χ4v) is 2.50. The van der Waals surface area contributed by atoms with Gasteiger partial charge in [0.25, 0.3) is 0 Å². The Morgan fingerprint density at radius 2 is 1.90 bits per heavy atom. The van der Waals surface area contributed by atoms with Crippen molar-refractivity contribution in [3.8, 4) is 0 Å². The molecule has 2 rings (SSSR count). The highest BCUT2D eigenvalue weighted by Crippen LogP contribution is 2.40. The van der Waals surface area contributed by atoms with E-state index in [4.69, 9.17) is 10.5 Å². The van der Waals surface area contributed by atoms with Gasteiger partial charge in [0.05, 0.1) is 6.04 Å². The molecule has 1 aromatic rings. The number of hydrogen-bond donors (Lipinski definition) is 2. The number of carbonyl (C=O) groups excluding carboxylic acids is 1.